The second kappa shape index (κ2) is 2.71. The Morgan fingerprint density at radius 2 is 2.14 bits per heavy atom. The van der Waals surface area contributed by atoms with Crippen LogP contribution in [-0.4, -0.2) is 5.91 Å². The molecule has 3 rings (SSSR count). The van der Waals surface area contributed by atoms with Crippen molar-refractivity contribution in [3.63, 3.8) is 0 Å². The Hall–Kier alpha value is -1.57. The number of amides is 1. The molecule has 0 radical (unpaired) electrons. The van der Waals surface area contributed by atoms with Crippen molar-refractivity contribution >= 4 is 17.7 Å². The lowest BCUT2D eigenvalue weighted by molar-refractivity contribution is -0.117. The highest BCUT2D eigenvalue weighted by molar-refractivity contribution is 5.97. The van der Waals surface area contributed by atoms with Crippen molar-refractivity contribution in [2.75, 3.05) is 5.32 Å². The first kappa shape index (κ1) is 7.80. The van der Waals surface area contributed by atoms with E-state index < -0.39 is 0 Å². The summed E-state index contributed by atoms with van der Waals surface area (Å²) in [5, 5.41) is 2.96. The van der Waals surface area contributed by atoms with Crippen LogP contribution in [0.15, 0.2) is 30.3 Å². The fourth-order valence-electron chi connectivity index (χ4n) is 1.94. The number of anilines is 1. The Morgan fingerprint density at radius 3 is 3.07 bits per heavy atom. The van der Waals surface area contributed by atoms with Gasteiger partial charge in [-0.3, -0.25) is 4.79 Å². The molecule has 2 aliphatic rings. The van der Waals surface area contributed by atoms with Crippen LogP contribution in [0.25, 0.3) is 6.08 Å². The Balaban J connectivity index is 2.06. The van der Waals surface area contributed by atoms with E-state index in [-0.39, 0.29) is 11.8 Å². The molecule has 1 heterocycles. The number of para-hydroxylation sites is 1. The highest BCUT2D eigenvalue weighted by Gasteiger charge is 2.41. The lowest BCUT2D eigenvalue weighted by Gasteiger charge is -2.09. The molecule has 1 aromatic rings. The largest absolute Gasteiger partial charge is 0.325 e. The summed E-state index contributed by atoms with van der Waals surface area (Å²) >= 11 is 0. The highest BCUT2D eigenvalue weighted by atomic mass is 16.2. The van der Waals surface area contributed by atoms with E-state index in [0.717, 1.165) is 17.7 Å². The van der Waals surface area contributed by atoms with E-state index in [0.29, 0.717) is 5.92 Å². The minimum Gasteiger partial charge on any atom is -0.325 e. The van der Waals surface area contributed by atoms with Crippen molar-refractivity contribution in [3.05, 3.63) is 35.9 Å². The van der Waals surface area contributed by atoms with Crippen LogP contribution in [0.1, 0.15) is 12.0 Å². The molecule has 14 heavy (non-hydrogen) atoms. The third-order valence-corrected chi connectivity index (χ3v) is 2.92. The SMILES string of the molecule is O=C1Nc2ccccc2C=C[C@H]2C[C@H]12. The quantitative estimate of drug-likeness (QED) is 0.660. The number of rotatable bonds is 0. The maximum absolute atomic E-state index is 11.6. The summed E-state index contributed by atoms with van der Waals surface area (Å²) in [5.41, 5.74) is 2.03. The van der Waals surface area contributed by atoms with Crippen LogP contribution >= 0.6 is 0 Å². The molecule has 70 valence electrons. The number of hydrogen-bond donors (Lipinski definition) is 1. The van der Waals surface area contributed by atoms with Gasteiger partial charge in [0, 0.05) is 11.6 Å². The Bertz CT molecular complexity index is 422. The van der Waals surface area contributed by atoms with Crippen molar-refractivity contribution < 1.29 is 4.79 Å². The van der Waals surface area contributed by atoms with Gasteiger partial charge in [0.05, 0.1) is 0 Å². The summed E-state index contributed by atoms with van der Waals surface area (Å²) in [4.78, 5) is 11.6. The zero-order valence-corrected chi connectivity index (χ0v) is 7.73. The first-order valence-corrected chi connectivity index (χ1v) is 4.93. The zero-order valence-electron chi connectivity index (χ0n) is 7.73. The Morgan fingerprint density at radius 1 is 1.29 bits per heavy atom. The number of allylic oxidation sites excluding steroid dienone is 1. The third-order valence-electron chi connectivity index (χ3n) is 2.92. The summed E-state index contributed by atoms with van der Waals surface area (Å²) < 4.78 is 0. The van der Waals surface area contributed by atoms with Crippen LogP contribution in [0.4, 0.5) is 5.69 Å². The van der Waals surface area contributed by atoms with E-state index in [4.69, 9.17) is 0 Å². The third kappa shape index (κ3) is 1.15. The molecule has 1 N–H and O–H groups in total. The maximum Gasteiger partial charge on any atom is 0.228 e. The minimum absolute atomic E-state index is 0.173. The number of benzene rings is 1. The van der Waals surface area contributed by atoms with Crippen molar-refractivity contribution in [2.24, 2.45) is 11.8 Å². The van der Waals surface area contributed by atoms with Crippen molar-refractivity contribution in [1.29, 1.82) is 0 Å². The van der Waals surface area contributed by atoms with Crippen molar-refractivity contribution in [2.45, 2.75) is 6.42 Å². The summed E-state index contributed by atoms with van der Waals surface area (Å²) in [7, 11) is 0. The first-order valence-electron chi connectivity index (χ1n) is 4.93. The molecule has 1 aliphatic carbocycles. The van der Waals surface area contributed by atoms with Crippen LogP contribution in [-0.2, 0) is 4.79 Å². The minimum atomic E-state index is 0.173. The topological polar surface area (TPSA) is 29.1 Å². The molecular weight excluding hydrogens is 174 g/mol. The molecule has 0 aromatic heterocycles. The number of carbonyl (C=O) groups is 1. The Kier molecular flexibility index (Phi) is 1.51. The monoisotopic (exact) mass is 185 g/mol. The number of hydrogen-bond acceptors (Lipinski definition) is 1. The second-order valence-electron chi connectivity index (χ2n) is 3.94. The number of nitrogens with one attached hydrogen (secondary N) is 1. The molecule has 0 spiro atoms. The van der Waals surface area contributed by atoms with E-state index in [2.05, 4.69) is 17.5 Å². The average molecular weight is 185 g/mol. The highest BCUT2D eigenvalue weighted by Crippen LogP contribution is 2.42. The fraction of sp³-hybridized carbons (Fsp3) is 0.250. The van der Waals surface area contributed by atoms with E-state index in [1.165, 1.54) is 0 Å². The molecule has 1 amide bonds. The second-order valence-corrected chi connectivity index (χ2v) is 3.94. The molecule has 2 heteroatoms. The molecule has 0 saturated heterocycles. The van der Waals surface area contributed by atoms with Gasteiger partial charge in [-0.15, -0.1) is 0 Å². The van der Waals surface area contributed by atoms with Gasteiger partial charge in [-0.25, -0.2) is 0 Å². The van der Waals surface area contributed by atoms with Crippen LogP contribution in [0.3, 0.4) is 0 Å². The molecule has 2 atom stereocenters. The molecule has 1 fully saturated rings. The number of carbonyl (C=O) groups excluding carboxylic acids is 1. The fourth-order valence-corrected chi connectivity index (χ4v) is 1.94. The van der Waals surface area contributed by atoms with Gasteiger partial charge >= 0.3 is 0 Å². The molecule has 0 bridgehead atoms. The van der Waals surface area contributed by atoms with E-state index in [9.17, 15) is 4.79 Å². The number of fused-ring (bicyclic) bond motifs is 2. The predicted octanol–water partition coefficient (Wildman–Crippen LogP) is 2.29. The lowest BCUT2D eigenvalue weighted by atomic mass is 10.1. The van der Waals surface area contributed by atoms with Gasteiger partial charge in [-0.2, -0.15) is 0 Å². The standard InChI is InChI=1S/C12H11NO/c14-12-10-7-9(10)6-5-8-3-1-2-4-11(8)13-12/h1-6,9-10H,7H2,(H,13,14)/t9-,10-/m0/s1. The summed E-state index contributed by atoms with van der Waals surface area (Å²) in [5.74, 6) is 0.870. The smallest absolute Gasteiger partial charge is 0.228 e. The normalized spacial score (nSPS) is 28.1. The van der Waals surface area contributed by atoms with Gasteiger partial charge in [0.25, 0.3) is 0 Å². The van der Waals surface area contributed by atoms with Crippen LogP contribution in [0.2, 0.25) is 0 Å². The zero-order chi connectivity index (χ0) is 9.54. The lowest BCUT2D eigenvalue weighted by Crippen LogP contribution is -2.16. The molecule has 1 aromatic carbocycles. The molecule has 1 saturated carbocycles. The van der Waals surface area contributed by atoms with Gasteiger partial charge in [0.1, 0.15) is 0 Å². The molecular formula is C12H11NO. The molecule has 2 nitrogen and oxygen atoms in total. The van der Waals surface area contributed by atoms with E-state index in [1.807, 2.05) is 24.3 Å². The maximum atomic E-state index is 11.6. The van der Waals surface area contributed by atoms with Crippen LogP contribution in [0.5, 0.6) is 0 Å². The summed E-state index contributed by atoms with van der Waals surface area (Å²) in [6, 6.07) is 7.90. The van der Waals surface area contributed by atoms with Gasteiger partial charge in [-0.05, 0) is 24.0 Å². The summed E-state index contributed by atoms with van der Waals surface area (Å²) in [6.45, 7) is 0. The average Bonchev–Trinajstić information content (AvgIpc) is 2.93. The van der Waals surface area contributed by atoms with Gasteiger partial charge in [-0.1, -0.05) is 30.4 Å². The van der Waals surface area contributed by atoms with Crippen molar-refractivity contribution in [1.82, 2.24) is 0 Å². The van der Waals surface area contributed by atoms with Crippen molar-refractivity contribution in [3.8, 4) is 0 Å². The van der Waals surface area contributed by atoms with Crippen LogP contribution in [0, 0.1) is 11.8 Å². The van der Waals surface area contributed by atoms with Crippen LogP contribution < -0.4 is 5.32 Å². The molecule has 0 unspecified atom stereocenters. The van der Waals surface area contributed by atoms with E-state index >= 15 is 0 Å². The van der Waals surface area contributed by atoms with E-state index in [1.54, 1.807) is 0 Å². The van der Waals surface area contributed by atoms with Gasteiger partial charge in [0.15, 0.2) is 0 Å². The predicted molar refractivity (Wildman–Crippen MR) is 55.7 cm³/mol. The van der Waals surface area contributed by atoms with Gasteiger partial charge in [0.2, 0.25) is 5.91 Å². The first-order chi connectivity index (χ1) is 6.84. The summed E-state index contributed by atoms with van der Waals surface area (Å²) in [6.07, 6.45) is 5.28. The Labute approximate surface area is 82.6 Å². The molecule has 1 aliphatic heterocycles. The van der Waals surface area contributed by atoms with Gasteiger partial charge < -0.3 is 5.32 Å².